The number of nitrogens with zero attached hydrogens (tertiary/aromatic N) is 1. The van der Waals surface area contributed by atoms with E-state index in [0.29, 0.717) is 6.54 Å². The Kier molecular flexibility index (Phi) is 6.85. The van der Waals surface area contributed by atoms with Crippen molar-refractivity contribution >= 4 is 5.97 Å². The van der Waals surface area contributed by atoms with Crippen molar-refractivity contribution in [2.45, 2.75) is 37.5 Å². The second-order valence-corrected chi connectivity index (χ2v) is 7.80. The summed E-state index contributed by atoms with van der Waals surface area (Å²) in [6.45, 7) is 1.97. The standard InChI is InChI=1S/C22H22F6N2O2/c1-20(19(31)32-18(21(23,24)25)22(26,27)28)14-29-11-12-30(20)13-15-7-9-17(10-8-15)16-5-3-2-4-6-16/h2-10,18,29H,11-14H2,1H3. The van der Waals surface area contributed by atoms with Gasteiger partial charge in [-0.05, 0) is 23.6 Å². The molecule has 32 heavy (non-hydrogen) atoms. The van der Waals surface area contributed by atoms with E-state index in [-0.39, 0.29) is 19.6 Å². The van der Waals surface area contributed by atoms with Crippen molar-refractivity contribution in [2.24, 2.45) is 0 Å². The van der Waals surface area contributed by atoms with Crippen LogP contribution in [0.1, 0.15) is 12.5 Å². The Balaban J connectivity index is 1.78. The number of benzene rings is 2. The molecule has 0 saturated carbocycles. The van der Waals surface area contributed by atoms with E-state index < -0.39 is 30.0 Å². The van der Waals surface area contributed by atoms with Crippen molar-refractivity contribution in [1.29, 1.82) is 0 Å². The molecule has 1 fully saturated rings. The number of nitrogens with one attached hydrogen (secondary N) is 1. The van der Waals surface area contributed by atoms with Gasteiger partial charge in [0.05, 0.1) is 0 Å². The van der Waals surface area contributed by atoms with Gasteiger partial charge in [-0.1, -0.05) is 54.6 Å². The average Bonchev–Trinajstić information content (AvgIpc) is 2.73. The SMILES string of the molecule is CC1(C(=O)OC(C(F)(F)F)C(F)(F)F)CNCCN1Cc1ccc(-c2ccccc2)cc1. The summed E-state index contributed by atoms with van der Waals surface area (Å²) in [4.78, 5) is 14.1. The highest BCUT2D eigenvalue weighted by Gasteiger charge is 2.61. The van der Waals surface area contributed by atoms with Gasteiger partial charge in [-0.25, -0.2) is 4.79 Å². The second-order valence-electron chi connectivity index (χ2n) is 7.80. The summed E-state index contributed by atoms with van der Waals surface area (Å²) < 4.78 is 81.2. The number of alkyl halides is 6. The Bertz CT molecular complexity index is 901. The predicted octanol–water partition coefficient (Wildman–Crippen LogP) is 4.55. The molecule has 2 aromatic carbocycles. The molecule has 0 aromatic heterocycles. The summed E-state index contributed by atoms with van der Waals surface area (Å²) in [5, 5.41) is 2.85. The number of carbonyl (C=O) groups excluding carboxylic acids is 1. The first-order valence-electron chi connectivity index (χ1n) is 9.86. The Labute approximate surface area is 181 Å². The Morgan fingerprint density at radius 2 is 1.56 bits per heavy atom. The Morgan fingerprint density at radius 1 is 1.00 bits per heavy atom. The number of ether oxygens (including phenoxy) is 1. The van der Waals surface area contributed by atoms with E-state index in [1.54, 1.807) is 0 Å². The molecule has 2 aromatic rings. The summed E-state index contributed by atoms with van der Waals surface area (Å²) in [7, 11) is 0. The second kappa shape index (κ2) is 9.11. The molecule has 1 N–H and O–H groups in total. The van der Waals surface area contributed by atoms with E-state index in [1.165, 1.54) is 11.8 Å². The highest BCUT2D eigenvalue weighted by atomic mass is 19.4. The molecule has 1 saturated heterocycles. The van der Waals surface area contributed by atoms with Crippen LogP contribution >= 0.6 is 0 Å². The lowest BCUT2D eigenvalue weighted by molar-refractivity contribution is -0.315. The number of hydrogen-bond donors (Lipinski definition) is 1. The fourth-order valence-corrected chi connectivity index (χ4v) is 3.57. The molecule has 0 bridgehead atoms. The Hall–Kier alpha value is -2.59. The molecule has 1 atom stereocenters. The molecular weight excluding hydrogens is 438 g/mol. The minimum atomic E-state index is -5.76. The zero-order valence-corrected chi connectivity index (χ0v) is 17.1. The average molecular weight is 460 g/mol. The highest BCUT2D eigenvalue weighted by molar-refractivity contribution is 5.81. The molecule has 0 radical (unpaired) electrons. The van der Waals surface area contributed by atoms with Crippen LogP contribution < -0.4 is 5.32 Å². The van der Waals surface area contributed by atoms with Crippen molar-refractivity contribution in [2.75, 3.05) is 19.6 Å². The van der Waals surface area contributed by atoms with Crippen molar-refractivity contribution in [3.05, 3.63) is 60.2 Å². The molecule has 1 aliphatic heterocycles. The van der Waals surface area contributed by atoms with Crippen LogP contribution in [0.5, 0.6) is 0 Å². The van der Waals surface area contributed by atoms with Crippen LogP contribution in [0.2, 0.25) is 0 Å². The van der Waals surface area contributed by atoms with Gasteiger partial charge in [0.15, 0.2) is 0 Å². The third kappa shape index (κ3) is 5.42. The molecular formula is C22H22F6N2O2. The van der Waals surface area contributed by atoms with Gasteiger partial charge in [0.1, 0.15) is 5.54 Å². The van der Waals surface area contributed by atoms with Gasteiger partial charge in [-0.3, -0.25) is 4.90 Å². The first-order chi connectivity index (χ1) is 14.9. The summed E-state index contributed by atoms with van der Waals surface area (Å²) in [6, 6.07) is 16.9. The lowest BCUT2D eigenvalue weighted by Gasteiger charge is -2.43. The van der Waals surface area contributed by atoms with E-state index >= 15 is 0 Å². The maximum Gasteiger partial charge on any atom is 0.434 e. The molecule has 1 aliphatic rings. The third-order valence-corrected chi connectivity index (χ3v) is 5.42. The van der Waals surface area contributed by atoms with Crippen molar-refractivity contribution in [3.63, 3.8) is 0 Å². The number of rotatable bonds is 5. The van der Waals surface area contributed by atoms with Crippen LogP contribution in [0.4, 0.5) is 26.3 Å². The molecule has 0 spiro atoms. The maximum atomic E-state index is 12.9. The van der Waals surface area contributed by atoms with Gasteiger partial charge >= 0.3 is 18.3 Å². The van der Waals surface area contributed by atoms with E-state index in [1.807, 2.05) is 54.6 Å². The summed E-state index contributed by atoms with van der Waals surface area (Å²) in [5.41, 5.74) is 1.01. The lowest BCUT2D eigenvalue weighted by atomic mass is 9.95. The van der Waals surface area contributed by atoms with E-state index in [9.17, 15) is 31.1 Å². The van der Waals surface area contributed by atoms with Crippen molar-refractivity contribution in [1.82, 2.24) is 10.2 Å². The van der Waals surface area contributed by atoms with Crippen molar-refractivity contribution < 1.29 is 35.9 Å². The highest BCUT2D eigenvalue weighted by Crippen LogP contribution is 2.37. The normalized spacial score (nSPS) is 20.4. The maximum absolute atomic E-state index is 12.9. The molecule has 0 amide bonds. The predicted molar refractivity (Wildman–Crippen MR) is 106 cm³/mol. The summed E-state index contributed by atoms with van der Waals surface area (Å²) >= 11 is 0. The van der Waals surface area contributed by atoms with Gasteiger partial charge in [-0.2, -0.15) is 26.3 Å². The zero-order valence-electron chi connectivity index (χ0n) is 17.1. The monoisotopic (exact) mass is 460 g/mol. The van der Waals surface area contributed by atoms with Crippen LogP contribution in [0, 0.1) is 0 Å². The van der Waals surface area contributed by atoms with Gasteiger partial charge in [0.25, 0.3) is 6.10 Å². The number of hydrogen-bond acceptors (Lipinski definition) is 4. The first-order valence-corrected chi connectivity index (χ1v) is 9.86. The number of esters is 1. The molecule has 4 nitrogen and oxygen atoms in total. The zero-order chi connectivity index (χ0) is 23.6. The van der Waals surface area contributed by atoms with Gasteiger partial charge in [-0.15, -0.1) is 0 Å². The van der Waals surface area contributed by atoms with Crippen molar-refractivity contribution in [3.8, 4) is 11.1 Å². The quantitative estimate of drug-likeness (QED) is 0.525. The van der Waals surface area contributed by atoms with Crippen LogP contribution in [-0.2, 0) is 16.1 Å². The van der Waals surface area contributed by atoms with Crippen LogP contribution in [-0.4, -0.2) is 54.5 Å². The van der Waals surface area contributed by atoms with E-state index in [0.717, 1.165) is 16.7 Å². The van der Waals surface area contributed by atoms with E-state index in [2.05, 4.69) is 10.1 Å². The third-order valence-electron chi connectivity index (χ3n) is 5.42. The summed E-state index contributed by atoms with van der Waals surface area (Å²) in [6.07, 6.45) is -15.7. The largest absolute Gasteiger partial charge is 0.441 e. The van der Waals surface area contributed by atoms with Crippen LogP contribution in [0.3, 0.4) is 0 Å². The topological polar surface area (TPSA) is 41.6 Å². The first kappa shape index (κ1) is 24.1. The number of piperazine rings is 1. The molecule has 0 aliphatic carbocycles. The molecule has 174 valence electrons. The van der Waals surface area contributed by atoms with Crippen LogP contribution in [0.25, 0.3) is 11.1 Å². The number of halogens is 6. The van der Waals surface area contributed by atoms with Gasteiger partial charge in [0, 0.05) is 26.2 Å². The smallest absolute Gasteiger partial charge is 0.434 e. The number of carbonyl (C=O) groups is 1. The summed E-state index contributed by atoms with van der Waals surface area (Å²) in [5.74, 6) is -1.58. The molecule has 3 rings (SSSR count). The van der Waals surface area contributed by atoms with Gasteiger partial charge in [0.2, 0.25) is 0 Å². The van der Waals surface area contributed by atoms with Crippen LogP contribution in [0.15, 0.2) is 54.6 Å². The van der Waals surface area contributed by atoms with Gasteiger partial charge < -0.3 is 10.1 Å². The fraction of sp³-hybridized carbons (Fsp3) is 0.409. The minimum absolute atomic E-state index is 0.142. The van der Waals surface area contributed by atoms with E-state index in [4.69, 9.17) is 0 Å². The Morgan fingerprint density at radius 3 is 2.12 bits per heavy atom. The molecule has 10 heteroatoms. The molecule has 1 unspecified atom stereocenters. The molecule has 1 heterocycles. The lowest BCUT2D eigenvalue weighted by Crippen LogP contribution is -2.65. The minimum Gasteiger partial charge on any atom is -0.441 e. The fourth-order valence-electron chi connectivity index (χ4n) is 3.57.